The maximum Gasteiger partial charge on any atom is 0.303 e. The molecule has 0 aliphatic rings. The molecule has 0 spiro atoms. The lowest BCUT2D eigenvalue weighted by Crippen LogP contribution is -2.07. The molecule has 1 aromatic carbocycles. The topological polar surface area (TPSA) is 39.2 Å². The first-order chi connectivity index (χ1) is 8.20. The molecule has 1 heterocycles. The zero-order valence-corrected chi connectivity index (χ0v) is 9.59. The highest BCUT2D eigenvalue weighted by Crippen LogP contribution is 2.21. The van der Waals surface area contributed by atoms with Crippen molar-refractivity contribution in [3.63, 3.8) is 0 Å². The van der Waals surface area contributed by atoms with Crippen LogP contribution in [-0.2, 0) is 9.53 Å². The van der Waals surface area contributed by atoms with Crippen molar-refractivity contribution in [1.82, 2.24) is 4.98 Å². The number of ether oxygens (including phenoxy) is 1. The molecule has 0 aliphatic heterocycles. The monoisotopic (exact) mass is 227 g/mol. The van der Waals surface area contributed by atoms with Gasteiger partial charge in [-0.05, 0) is 17.5 Å². The van der Waals surface area contributed by atoms with Crippen LogP contribution in [-0.4, -0.2) is 11.0 Å². The van der Waals surface area contributed by atoms with Gasteiger partial charge in [0.25, 0.3) is 0 Å². The van der Waals surface area contributed by atoms with Crippen LogP contribution in [0, 0.1) is 0 Å². The highest BCUT2D eigenvalue weighted by molar-refractivity contribution is 5.81. The zero-order chi connectivity index (χ0) is 12.3. The van der Waals surface area contributed by atoms with E-state index in [0.29, 0.717) is 5.69 Å². The SMILES string of the molecule is C=C[C@H](OC(C)=O)c1cc2ccccc2cn1. The number of aromatic nitrogens is 1. The van der Waals surface area contributed by atoms with Gasteiger partial charge in [0.05, 0.1) is 5.69 Å². The molecule has 0 aliphatic carbocycles. The second-order valence-corrected chi connectivity index (χ2v) is 3.72. The maximum absolute atomic E-state index is 11.0. The molecule has 0 N–H and O–H groups in total. The third-order valence-corrected chi connectivity index (χ3v) is 2.45. The third kappa shape index (κ3) is 2.50. The van der Waals surface area contributed by atoms with Gasteiger partial charge in [0, 0.05) is 18.5 Å². The van der Waals surface area contributed by atoms with Crippen molar-refractivity contribution < 1.29 is 9.53 Å². The molecule has 0 radical (unpaired) electrons. The van der Waals surface area contributed by atoms with E-state index in [2.05, 4.69) is 11.6 Å². The molecule has 3 heteroatoms. The van der Waals surface area contributed by atoms with Gasteiger partial charge in [-0.15, -0.1) is 0 Å². The average molecular weight is 227 g/mol. The smallest absolute Gasteiger partial charge is 0.303 e. The molecule has 1 atom stereocenters. The largest absolute Gasteiger partial charge is 0.452 e. The summed E-state index contributed by atoms with van der Waals surface area (Å²) < 4.78 is 5.11. The van der Waals surface area contributed by atoms with Gasteiger partial charge in [0.2, 0.25) is 0 Å². The Balaban J connectivity index is 2.40. The minimum atomic E-state index is -0.489. The van der Waals surface area contributed by atoms with Crippen molar-refractivity contribution in [3.8, 4) is 0 Å². The lowest BCUT2D eigenvalue weighted by molar-refractivity contribution is -0.144. The Morgan fingerprint density at radius 1 is 1.41 bits per heavy atom. The standard InChI is InChI=1S/C14H13NO2/c1-3-14(17-10(2)16)13-8-11-6-4-5-7-12(11)9-15-13/h3-9,14H,1H2,2H3/t14-/m0/s1. The van der Waals surface area contributed by atoms with Crippen molar-refractivity contribution in [2.45, 2.75) is 13.0 Å². The van der Waals surface area contributed by atoms with Gasteiger partial charge in [-0.2, -0.15) is 0 Å². The number of benzene rings is 1. The lowest BCUT2D eigenvalue weighted by Gasteiger charge is -2.12. The summed E-state index contributed by atoms with van der Waals surface area (Å²) in [5, 5.41) is 2.12. The Bertz CT molecular complexity index is 563. The molecule has 1 aromatic heterocycles. The quantitative estimate of drug-likeness (QED) is 0.597. The summed E-state index contributed by atoms with van der Waals surface area (Å²) in [6, 6.07) is 9.81. The van der Waals surface area contributed by atoms with Crippen LogP contribution < -0.4 is 0 Å². The van der Waals surface area contributed by atoms with Crippen LogP contribution in [0.15, 0.2) is 49.2 Å². The van der Waals surface area contributed by atoms with Gasteiger partial charge in [0.15, 0.2) is 6.10 Å². The molecule has 0 amide bonds. The van der Waals surface area contributed by atoms with E-state index in [4.69, 9.17) is 4.74 Å². The lowest BCUT2D eigenvalue weighted by atomic mass is 10.1. The summed E-state index contributed by atoms with van der Waals surface area (Å²) in [6.45, 7) is 5.03. The van der Waals surface area contributed by atoms with Crippen LogP contribution >= 0.6 is 0 Å². The molecule has 2 aromatic rings. The summed E-state index contributed by atoms with van der Waals surface area (Å²) in [6.07, 6.45) is 2.85. The van der Waals surface area contributed by atoms with Gasteiger partial charge >= 0.3 is 5.97 Å². The maximum atomic E-state index is 11.0. The number of hydrogen-bond acceptors (Lipinski definition) is 3. The molecule has 17 heavy (non-hydrogen) atoms. The fourth-order valence-corrected chi connectivity index (χ4v) is 1.66. The second kappa shape index (κ2) is 4.78. The number of carbonyl (C=O) groups is 1. The van der Waals surface area contributed by atoms with Crippen molar-refractivity contribution in [1.29, 1.82) is 0 Å². The Morgan fingerprint density at radius 3 is 2.76 bits per heavy atom. The van der Waals surface area contributed by atoms with E-state index in [9.17, 15) is 4.79 Å². The van der Waals surface area contributed by atoms with Crippen LogP contribution in [0.1, 0.15) is 18.7 Å². The highest BCUT2D eigenvalue weighted by atomic mass is 16.5. The summed E-state index contributed by atoms with van der Waals surface area (Å²) in [5.74, 6) is -0.343. The summed E-state index contributed by atoms with van der Waals surface area (Å²) >= 11 is 0. The van der Waals surface area contributed by atoms with Gasteiger partial charge in [-0.1, -0.05) is 30.8 Å². The van der Waals surface area contributed by atoms with Crippen molar-refractivity contribution in [2.75, 3.05) is 0 Å². The Labute approximate surface area is 99.7 Å². The number of nitrogens with zero attached hydrogens (tertiary/aromatic N) is 1. The molecule has 0 saturated carbocycles. The van der Waals surface area contributed by atoms with Gasteiger partial charge < -0.3 is 4.74 Å². The molecule has 0 unspecified atom stereocenters. The van der Waals surface area contributed by atoms with Crippen molar-refractivity contribution >= 4 is 16.7 Å². The predicted molar refractivity (Wildman–Crippen MR) is 66.4 cm³/mol. The van der Waals surface area contributed by atoms with Crippen molar-refractivity contribution in [3.05, 3.63) is 54.9 Å². The number of esters is 1. The first kappa shape index (κ1) is 11.3. The second-order valence-electron chi connectivity index (χ2n) is 3.72. The van der Waals surface area contributed by atoms with Gasteiger partial charge in [-0.3, -0.25) is 9.78 Å². The van der Waals surface area contributed by atoms with Crippen molar-refractivity contribution in [2.24, 2.45) is 0 Å². The molecule has 3 nitrogen and oxygen atoms in total. The predicted octanol–water partition coefficient (Wildman–Crippen LogP) is 3.03. The normalized spacial score (nSPS) is 12.1. The molecular weight excluding hydrogens is 214 g/mol. The van der Waals surface area contributed by atoms with Crippen LogP contribution in [0.4, 0.5) is 0 Å². The van der Waals surface area contributed by atoms with E-state index in [1.807, 2.05) is 30.3 Å². The van der Waals surface area contributed by atoms with Crippen LogP contribution in [0.2, 0.25) is 0 Å². The summed E-state index contributed by atoms with van der Waals surface area (Å²) in [4.78, 5) is 15.2. The van der Waals surface area contributed by atoms with Crippen LogP contribution in [0.5, 0.6) is 0 Å². The number of carbonyl (C=O) groups excluding carboxylic acids is 1. The Kier molecular flexibility index (Phi) is 3.19. The molecule has 0 saturated heterocycles. The van der Waals surface area contributed by atoms with E-state index < -0.39 is 6.10 Å². The number of rotatable bonds is 3. The fourth-order valence-electron chi connectivity index (χ4n) is 1.66. The Hall–Kier alpha value is -2.16. The van der Waals surface area contributed by atoms with Gasteiger partial charge in [0.1, 0.15) is 0 Å². The van der Waals surface area contributed by atoms with E-state index in [0.717, 1.165) is 10.8 Å². The van der Waals surface area contributed by atoms with E-state index in [-0.39, 0.29) is 5.97 Å². The molecule has 0 bridgehead atoms. The number of pyridine rings is 1. The van der Waals surface area contributed by atoms with Gasteiger partial charge in [-0.25, -0.2) is 0 Å². The average Bonchev–Trinajstić information content (AvgIpc) is 2.35. The fraction of sp³-hybridized carbons (Fsp3) is 0.143. The number of fused-ring (bicyclic) bond motifs is 1. The first-order valence-corrected chi connectivity index (χ1v) is 5.35. The summed E-state index contributed by atoms with van der Waals surface area (Å²) in [5.41, 5.74) is 0.689. The Morgan fingerprint density at radius 2 is 2.12 bits per heavy atom. The van der Waals surface area contributed by atoms with E-state index >= 15 is 0 Å². The third-order valence-electron chi connectivity index (χ3n) is 2.45. The number of hydrogen-bond donors (Lipinski definition) is 0. The van der Waals surface area contributed by atoms with Crippen LogP contribution in [0.25, 0.3) is 10.8 Å². The molecule has 0 fully saturated rings. The van der Waals surface area contributed by atoms with E-state index in [1.165, 1.54) is 6.92 Å². The highest BCUT2D eigenvalue weighted by Gasteiger charge is 2.12. The molecule has 86 valence electrons. The molecular formula is C14H13NO2. The van der Waals surface area contributed by atoms with E-state index in [1.54, 1.807) is 12.3 Å². The molecule has 2 rings (SSSR count). The summed E-state index contributed by atoms with van der Waals surface area (Å²) in [7, 11) is 0. The zero-order valence-electron chi connectivity index (χ0n) is 9.59. The van der Waals surface area contributed by atoms with Crippen LogP contribution in [0.3, 0.4) is 0 Å². The first-order valence-electron chi connectivity index (χ1n) is 5.35. The minimum Gasteiger partial charge on any atom is -0.452 e. The minimum absolute atomic E-state index is 0.343.